The quantitative estimate of drug-likeness (QED) is 0.620. The molecule has 0 bridgehead atoms. The van der Waals surface area contributed by atoms with Crippen LogP contribution in [-0.4, -0.2) is 38.5 Å². The minimum Gasteiger partial charge on any atom is -0.354 e. The molecule has 2 amide bonds. The van der Waals surface area contributed by atoms with Crippen molar-refractivity contribution in [2.45, 2.75) is 6.42 Å². The first-order chi connectivity index (χ1) is 8.72. The van der Waals surface area contributed by atoms with Gasteiger partial charge in [0.05, 0.1) is 13.1 Å². The molecule has 0 spiro atoms. The molecule has 1 aromatic rings. The van der Waals surface area contributed by atoms with E-state index in [0.717, 1.165) is 6.42 Å². The largest absolute Gasteiger partial charge is 0.354 e. The van der Waals surface area contributed by atoms with Gasteiger partial charge < -0.3 is 16.0 Å². The smallest absolute Gasteiger partial charge is 0.239 e. The molecule has 1 aromatic carbocycles. The zero-order chi connectivity index (χ0) is 13.2. The first kappa shape index (κ1) is 14.2. The third-order valence-corrected chi connectivity index (χ3v) is 2.36. The summed E-state index contributed by atoms with van der Waals surface area (Å²) in [4.78, 5) is 22.5. The molecule has 0 atom stereocenters. The fourth-order valence-corrected chi connectivity index (χ4v) is 1.46. The van der Waals surface area contributed by atoms with Crippen LogP contribution in [0.15, 0.2) is 30.3 Å². The molecular weight excluding hydrogens is 230 g/mol. The molecule has 0 aliphatic rings. The highest BCUT2D eigenvalue weighted by Gasteiger charge is 2.03. The monoisotopic (exact) mass is 249 g/mol. The number of benzene rings is 1. The fourth-order valence-electron chi connectivity index (χ4n) is 1.46. The van der Waals surface area contributed by atoms with Crippen molar-refractivity contribution in [2.75, 3.05) is 26.7 Å². The molecular formula is C13H19N3O2. The summed E-state index contributed by atoms with van der Waals surface area (Å²) in [6, 6.07) is 9.92. The van der Waals surface area contributed by atoms with Crippen LogP contribution in [0.2, 0.25) is 0 Å². The Morgan fingerprint density at radius 2 is 1.67 bits per heavy atom. The summed E-state index contributed by atoms with van der Waals surface area (Å²) in [5.74, 6) is -0.355. The predicted octanol–water partition coefficient (Wildman–Crippen LogP) is -0.319. The van der Waals surface area contributed by atoms with Crippen LogP contribution in [0, 0.1) is 0 Å². The molecule has 98 valence electrons. The summed E-state index contributed by atoms with van der Waals surface area (Å²) < 4.78 is 0. The lowest BCUT2D eigenvalue weighted by Gasteiger charge is -2.06. The molecule has 1 rings (SSSR count). The highest BCUT2D eigenvalue weighted by atomic mass is 16.2. The Morgan fingerprint density at radius 1 is 1.00 bits per heavy atom. The van der Waals surface area contributed by atoms with Crippen LogP contribution in [0.25, 0.3) is 0 Å². The lowest BCUT2D eigenvalue weighted by Crippen LogP contribution is -2.40. The average molecular weight is 249 g/mol. The Hall–Kier alpha value is -1.88. The third kappa shape index (κ3) is 6.00. The summed E-state index contributed by atoms with van der Waals surface area (Å²) in [5, 5.41) is 7.99. The highest BCUT2D eigenvalue weighted by Crippen LogP contribution is 1.97. The van der Waals surface area contributed by atoms with Gasteiger partial charge in [-0.1, -0.05) is 30.3 Å². The van der Waals surface area contributed by atoms with Gasteiger partial charge in [0.25, 0.3) is 0 Å². The van der Waals surface area contributed by atoms with E-state index in [4.69, 9.17) is 0 Å². The summed E-state index contributed by atoms with van der Waals surface area (Å²) in [7, 11) is 1.68. The minimum atomic E-state index is -0.185. The fraction of sp³-hybridized carbons (Fsp3) is 0.385. The normalized spacial score (nSPS) is 9.83. The van der Waals surface area contributed by atoms with E-state index in [1.165, 1.54) is 5.56 Å². The Morgan fingerprint density at radius 3 is 2.33 bits per heavy atom. The van der Waals surface area contributed by atoms with Crippen molar-refractivity contribution >= 4 is 11.8 Å². The molecule has 0 radical (unpaired) electrons. The second kappa shape index (κ2) is 8.25. The maximum Gasteiger partial charge on any atom is 0.239 e. The van der Waals surface area contributed by atoms with Crippen LogP contribution < -0.4 is 16.0 Å². The number of likely N-dealkylation sites (N-methyl/N-ethyl adjacent to an activating group) is 1. The van der Waals surface area contributed by atoms with Gasteiger partial charge in [0.15, 0.2) is 0 Å². The Kier molecular flexibility index (Phi) is 6.50. The number of nitrogens with one attached hydrogen (secondary N) is 3. The molecule has 0 fully saturated rings. The van der Waals surface area contributed by atoms with Crippen LogP contribution in [0.1, 0.15) is 5.56 Å². The van der Waals surface area contributed by atoms with Crippen LogP contribution >= 0.6 is 0 Å². The van der Waals surface area contributed by atoms with Crippen LogP contribution in [0.3, 0.4) is 0 Å². The topological polar surface area (TPSA) is 70.2 Å². The molecule has 3 N–H and O–H groups in total. The zero-order valence-electron chi connectivity index (χ0n) is 10.5. The number of carbonyl (C=O) groups is 2. The van der Waals surface area contributed by atoms with E-state index in [2.05, 4.69) is 16.0 Å². The van der Waals surface area contributed by atoms with E-state index in [0.29, 0.717) is 6.54 Å². The van der Waals surface area contributed by atoms with Crippen molar-refractivity contribution < 1.29 is 9.59 Å². The Labute approximate surface area is 107 Å². The number of hydrogen-bond donors (Lipinski definition) is 3. The van der Waals surface area contributed by atoms with Crippen molar-refractivity contribution in [3.05, 3.63) is 35.9 Å². The number of amides is 2. The van der Waals surface area contributed by atoms with Gasteiger partial charge in [0.1, 0.15) is 0 Å². The van der Waals surface area contributed by atoms with E-state index in [9.17, 15) is 9.59 Å². The van der Waals surface area contributed by atoms with E-state index in [1.807, 2.05) is 30.3 Å². The molecule has 0 aliphatic carbocycles. The van der Waals surface area contributed by atoms with Crippen molar-refractivity contribution in [1.29, 1.82) is 0 Å². The second-order valence-electron chi connectivity index (χ2n) is 3.89. The van der Waals surface area contributed by atoms with Gasteiger partial charge in [-0.15, -0.1) is 0 Å². The first-order valence-electron chi connectivity index (χ1n) is 5.94. The molecule has 0 aromatic heterocycles. The lowest BCUT2D eigenvalue weighted by atomic mass is 10.1. The first-order valence-corrected chi connectivity index (χ1v) is 5.94. The van der Waals surface area contributed by atoms with Gasteiger partial charge in [0, 0.05) is 6.54 Å². The SMILES string of the molecule is CNCC(=O)NCC(=O)NCCc1ccccc1. The minimum absolute atomic E-state index is 0.0231. The summed E-state index contributed by atoms with van der Waals surface area (Å²) in [6.45, 7) is 0.817. The molecule has 5 heteroatoms. The summed E-state index contributed by atoms with van der Waals surface area (Å²) in [5.41, 5.74) is 1.18. The molecule has 0 unspecified atom stereocenters. The maximum atomic E-state index is 11.4. The van der Waals surface area contributed by atoms with Gasteiger partial charge in [-0.25, -0.2) is 0 Å². The van der Waals surface area contributed by atoms with Crippen molar-refractivity contribution in [3.8, 4) is 0 Å². The van der Waals surface area contributed by atoms with Crippen LogP contribution in [-0.2, 0) is 16.0 Å². The lowest BCUT2D eigenvalue weighted by molar-refractivity contribution is -0.125. The van der Waals surface area contributed by atoms with Gasteiger partial charge in [-0.3, -0.25) is 9.59 Å². The van der Waals surface area contributed by atoms with Gasteiger partial charge in [-0.2, -0.15) is 0 Å². The van der Waals surface area contributed by atoms with E-state index < -0.39 is 0 Å². The number of hydrogen-bond acceptors (Lipinski definition) is 3. The van der Waals surface area contributed by atoms with Crippen molar-refractivity contribution in [2.24, 2.45) is 0 Å². The molecule has 0 heterocycles. The van der Waals surface area contributed by atoms with Crippen molar-refractivity contribution in [3.63, 3.8) is 0 Å². The van der Waals surface area contributed by atoms with Crippen molar-refractivity contribution in [1.82, 2.24) is 16.0 Å². The third-order valence-electron chi connectivity index (χ3n) is 2.36. The standard InChI is InChI=1S/C13H19N3O2/c1-14-9-12(17)16-10-13(18)15-8-7-11-5-3-2-4-6-11/h2-6,14H,7-10H2,1H3,(H,15,18)(H,16,17). The predicted molar refractivity (Wildman–Crippen MR) is 70.1 cm³/mol. The van der Waals surface area contributed by atoms with Gasteiger partial charge in [-0.05, 0) is 19.0 Å². The van der Waals surface area contributed by atoms with E-state index >= 15 is 0 Å². The number of rotatable bonds is 7. The Balaban J connectivity index is 2.12. The molecule has 5 nitrogen and oxygen atoms in total. The highest BCUT2D eigenvalue weighted by molar-refractivity contribution is 5.85. The average Bonchev–Trinajstić information content (AvgIpc) is 2.38. The maximum absolute atomic E-state index is 11.4. The van der Waals surface area contributed by atoms with E-state index in [-0.39, 0.29) is 24.9 Å². The van der Waals surface area contributed by atoms with Crippen LogP contribution in [0.4, 0.5) is 0 Å². The van der Waals surface area contributed by atoms with E-state index in [1.54, 1.807) is 7.05 Å². The van der Waals surface area contributed by atoms with Gasteiger partial charge >= 0.3 is 0 Å². The number of carbonyl (C=O) groups excluding carboxylic acids is 2. The zero-order valence-corrected chi connectivity index (χ0v) is 10.5. The van der Waals surface area contributed by atoms with Crippen LogP contribution in [0.5, 0.6) is 0 Å². The van der Waals surface area contributed by atoms with Gasteiger partial charge in [0.2, 0.25) is 11.8 Å². The second-order valence-corrected chi connectivity index (χ2v) is 3.89. The summed E-state index contributed by atoms with van der Waals surface area (Å²) >= 11 is 0. The molecule has 0 aliphatic heterocycles. The molecule has 18 heavy (non-hydrogen) atoms. The molecule has 0 saturated carbocycles. The summed E-state index contributed by atoms with van der Waals surface area (Å²) in [6.07, 6.45) is 0.789. The Bertz CT molecular complexity index is 379. The molecule has 0 saturated heterocycles.